The van der Waals surface area contributed by atoms with Crippen molar-refractivity contribution in [1.82, 2.24) is 9.88 Å². The van der Waals surface area contributed by atoms with Gasteiger partial charge in [0.15, 0.2) is 9.84 Å². The van der Waals surface area contributed by atoms with E-state index in [-0.39, 0.29) is 17.0 Å². The number of hydrogen-bond acceptors (Lipinski definition) is 6. The van der Waals surface area contributed by atoms with Crippen LogP contribution in [0.15, 0.2) is 52.9 Å². The fourth-order valence-electron chi connectivity index (χ4n) is 2.80. The highest BCUT2D eigenvalue weighted by Gasteiger charge is 2.32. The summed E-state index contributed by atoms with van der Waals surface area (Å²) >= 11 is 1.56. The molecule has 140 valence electrons. The van der Waals surface area contributed by atoms with E-state index in [0.29, 0.717) is 18.8 Å². The van der Waals surface area contributed by atoms with E-state index in [2.05, 4.69) is 10.3 Å². The van der Waals surface area contributed by atoms with Crippen LogP contribution in [0.25, 0.3) is 10.2 Å². The quantitative estimate of drug-likeness (QED) is 0.723. The van der Waals surface area contributed by atoms with E-state index in [1.807, 2.05) is 18.2 Å². The van der Waals surface area contributed by atoms with Gasteiger partial charge in [-0.15, -0.1) is 11.3 Å². The van der Waals surface area contributed by atoms with Gasteiger partial charge in [0.2, 0.25) is 0 Å². The smallest absolute Gasteiger partial charge is 0.322 e. The Bertz CT molecular complexity index is 1090. The zero-order valence-electron chi connectivity index (χ0n) is 14.5. The van der Waals surface area contributed by atoms with Crippen molar-refractivity contribution >= 4 is 43.1 Å². The molecule has 1 saturated heterocycles. The highest BCUT2D eigenvalue weighted by molar-refractivity contribution is 7.90. The van der Waals surface area contributed by atoms with Crippen molar-refractivity contribution < 1.29 is 17.9 Å². The number of likely N-dealkylation sites (tertiary alicyclic amines) is 1. The van der Waals surface area contributed by atoms with E-state index in [1.54, 1.807) is 33.9 Å². The van der Waals surface area contributed by atoms with E-state index in [0.717, 1.165) is 22.2 Å². The number of para-hydroxylation sites is 1. The van der Waals surface area contributed by atoms with Crippen LogP contribution in [0.2, 0.25) is 0 Å². The van der Waals surface area contributed by atoms with Crippen molar-refractivity contribution in [2.75, 3.05) is 24.7 Å². The summed E-state index contributed by atoms with van der Waals surface area (Å²) in [6, 6.07) is 11.7. The average Bonchev–Trinajstić information content (AvgIpc) is 3.06. The predicted octanol–water partition coefficient (Wildman–Crippen LogP) is 2.99. The normalized spacial score (nSPS) is 14.8. The van der Waals surface area contributed by atoms with E-state index < -0.39 is 9.84 Å². The number of anilines is 1. The third-order valence-corrected chi connectivity index (χ3v) is 6.21. The van der Waals surface area contributed by atoms with Gasteiger partial charge in [0.1, 0.15) is 17.4 Å². The maximum absolute atomic E-state index is 12.3. The number of sulfone groups is 1. The number of amides is 2. The van der Waals surface area contributed by atoms with Crippen molar-refractivity contribution in [2.24, 2.45) is 0 Å². The first kappa shape index (κ1) is 17.7. The van der Waals surface area contributed by atoms with E-state index >= 15 is 0 Å². The van der Waals surface area contributed by atoms with E-state index in [9.17, 15) is 13.2 Å². The topological polar surface area (TPSA) is 88.6 Å². The molecule has 1 fully saturated rings. The first-order chi connectivity index (χ1) is 12.9. The summed E-state index contributed by atoms with van der Waals surface area (Å²) in [6.45, 7) is 0.960. The molecule has 1 aliphatic heterocycles. The van der Waals surface area contributed by atoms with Gasteiger partial charge in [-0.3, -0.25) is 0 Å². The van der Waals surface area contributed by atoms with Crippen molar-refractivity contribution in [3.8, 4) is 5.75 Å². The van der Waals surface area contributed by atoms with Crippen LogP contribution in [0, 0.1) is 0 Å². The zero-order chi connectivity index (χ0) is 19.0. The molecule has 1 aliphatic rings. The molecule has 1 N–H and O–H groups in total. The summed E-state index contributed by atoms with van der Waals surface area (Å²) in [5.74, 6) is 0.732. The molecule has 0 spiro atoms. The van der Waals surface area contributed by atoms with E-state index in [1.165, 1.54) is 12.1 Å². The first-order valence-corrected chi connectivity index (χ1v) is 11.0. The summed E-state index contributed by atoms with van der Waals surface area (Å²) in [5.41, 5.74) is 3.17. The van der Waals surface area contributed by atoms with Crippen molar-refractivity contribution in [1.29, 1.82) is 0 Å². The van der Waals surface area contributed by atoms with Gasteiger partial charge in [-0.1, -0.05) is 6.07 Å². The lowest BCUT2D eigenvalue weighted by atomic mass is 10.2. The molecular weight excluding hydrogens is 386 g/mol. The summed E-state index contributed by atoms with van der Waals surface area (Å²) in [6.07, 6.45) is 1.07. The Kier molecular flexibility index (Phi) is 4.48. The Balaban J connectivity index is 1.33. The van der Waals surface area contributed by atoms with Crippen LogP contribution in [0.4, 0.5) is 10.5 Å². The molecular formula is C18H17N3O4S2. The molecule has 9 heteroatoms. The molecule has 2 heterocycles. The summed E-state index contributed by atoms with van der Waals surface area (Å²) in [7, 11) is -3.25. The molecule has 2 aromatic carbocycles. The number of ether oxygens (including phenoxy) is 1. The third kappa shape index (κ3) is 3.74. The van der Waals surface area contributed by atoms with Crippen LogP contribution < -0.4 is 10.1 Å². The van der Waals surface area contributed by atoms with Gasteiger partial charge < -0.3 is 15.0 Å². The molecule has 1 aromatic heterocycles. The molecule has 3 aromatic rings. The van der Waals surface area contributed by atoms with Crippen LogP contribution in [0.1, 0.15) is 0 Å². The Hall–Kier alpha value is -2.65. The van der Waals surface area contributed by atoms with Gasteiger partial charge in [-0.2, -0.15) is 0 Å². The molecule has 0 radical (unpaired) electrons. The number of rotatable bonds is 4. The van der Waals surface area contributed by atoms with Crippen LogP contribution in [-0.2, 0) is 9.84 Å². The Labute approximate surface area is 160 Å². The molecule has 2 amide bonds. The number of hydrogen-bond donors (Lipinski definition) is 1. The maximum Gasteiger partial charge on any atom is 0.322 e. The van der Waals surface area contributed by atoms with Gasteiger partial charge >= 0.3 is 6.03 Å². The number of carbonyl (C=O) groups is 1. The predicted molar refractivity (Wildman–Crippen MR) is 104 cm³/mol. The molecule has 0 atom stereocenters. The molecule has 7 nitrogen and oxygen atoms in total. The second kappa shape index (κ2) is 6.82. The highest BCUT2D eigenvalue weighted by atomic mass is 32.2. The number of fused-ring (bicyclic) bond motifs is 1. The Morgan fingerprint density at radius 3 is 2.67 bits per heavy atom. The number of carbonyl (C=O) groups excluding carboxylic acids is 1. The molecule has 27 heavy (non-hydrogen) atoms. The summed E-state index contributed by atoms with van der Waals surface area (Å²) in [5, 5.41) is 2.76. The number of nitrogens with one attached hydrogen (secondary N) is 1. The molecule has 0 unspecified atom stereocenters. The zero-order valence-corrected chi connectivity index (χ0v) is 16.1. The van der Waals surface area contributed by atoms with Gasteiger partial charge in [-0.05, 0) is 36.4 Å². The largest absolute Gasteiger partial charge is 0.484 e. The lowest BCUT2D eigenvalue weighted by Gasteiger charge is -2.38. The third-order valence-electron chi connectivity index (χ3n) is 4.29. The number of urea groups is 1. The maximum atomic E-state index is 12.3. The fourth-order valence-corrected chi connectivity index (χ4v) is 4.13. The fraction of sp³-hybridized carbons (Fsp3) is 0.222. The van der Waals surface area contributed by atoms with Crippen LogP contribution in [0.5, 0.6) is 5.75 Å². The Morgan fingerprint density at radius 1 is 1.22 bits per heavy atom. The molecule has 0 saturated carbocycles. The van der Waals surface area contributed by atoms with Crippen LogP contribution in [0.3, 0.4) is 0 Å². The summed E-state index contributed by atoms with van der Waals surface area (Å²) < 4.78 is 30.0. The second-order valence-electron chi connectivity index (χ2n) is 6.33. The monoisotopic (exact) mass is 403 g/mol. The summed E-state index contributed by atoms with van der Waals surface area (Å²) in [4.78, 5) is 18.5. The van der Waals surface area contributed by atoms with E-state index in [4.69, 9.17) is 4.74 Å². The minimum atomic E-state index is -3.25. The van der Waals surface area contributed by atoms with Crippen molar-refractivity contribution in [3.63, 3.8) is 0 Å². The van der Waals surface area contributed by atoms with Gasteiger partial charge in [0, 0.05) is 11.9 Å². The highest BCUT2D eigenvalue weighted by Crippen LogP contribution is 2.29. The van der Waals surface area contributed by atoms with Gasteiger partial charge in [0.25, 0.3) is 0 Å². The van der Waals surface area contributed by atoms with Crippen LogP contribution in [-0.4, -0.2) is 49.8 Å². The number of nitrogens with zero attached hydrogens (tertiary/aromatic N) is 2. The standard InChI is InChI=1S/C18H17N3O4S2/c1-27(23,24)14-7-5-12(6-8-14)20-18(22)21-9-13(10-21)25-15-3-2-4-16-17(15)19-11-26-16/h2-8,11,13H,9-10H2,1H3,(H,20,22). The van der Waals surface area contributed by atoms with Gasteiger partial charge in [0.05, 0.1) is 28.2 Å². The lowest BCUT2D eigenvalue weighted by Crippen LogP contribution is -2.57. The first-order valence-electron chi connectivity index (χ1n) is 8.25. The second-order valence-corrected chi connectivity index (χ2v) is 9.23. The number of aromatic nitrogens is 1. The lowest BCUT2D eigenvalue weighted by molar-refractivity contribution is 0.0502. The number of benzene rings is 2. The minimum Gasteiger partial charge on any atom is -0.484 e. The number of thiazole rings is 1. The average molecular weight is 403 g/mol. The SMILES string of the molecule is CS(=O)(=O)c1ccc(NC(=O)N2CC(Oc3cccc4scnc34)C2)cc1. The Morgan fingerprint density at radius 2 is 1.96 bits per heavy atom. The minimum absolute atomic E-state index is 0.0735. The molecule has 0 bridgehead atoms. The van der Waals surface area contributed by atoms with Crippen molar-refractivity contribution in [3.05, 3.63) is 48.0 Å². The molecule has 0 aliphatic carbocycles. The van der Waals surface area contributed by atoms with Crippen molar-refractivity contribution in [2.45, 2.75) is 11.0 Å². The van der Waals surface area contributed by atoms with Crippen LogP contribution >= 0.6 is 11.3 Å². The van der Waals surface area contributed by atoms with Gasteiger partial charge in [-0.25, -0.2) is 18.2 Å². The molecule has 4 rings (SSSR count).